The van der Waals surface area contributed by atoms with E-state index in [0.29, 0.717) is 5.88 Å². The summed E-state index contributed by atoms with van der Waals surface area (Å²) in [5, 5.41) is 2.95. The molecule has 0 saturated carbocycles. The van der Waals surface area contributed by atoms with Crippen LogP contribution < -0.4 is 15.0 Å². The maximum atomic E-state index is 11.0. The third-order valence-corrected chi connectivity index (χ3v) is 3.04. The van der Waals surface area contributed by atoms with Crippen molar-refractivity contribution < 1.29 is 9.53 Å². The minimum absolute atomic E-state index is 0.0329. The summed E-state index contributed by atoms with van der Waals surface area (Å²) in [4.78, 5) is 21.6. The molecule has 1 N–H and O–H groups in total. The van der Waals surface area contributed by atoms with Crippen LogP contribution in [0.5, 0.6) is 5.88 Å². The summed E-state index contributed by atoms with van der Waals surface area (Å²) in [5.74, 6) is 1.36. The van der Waals surface area contributed by atoms with E-state index in [9.17, 15) is 4.79 Å². The number of nitrogens with zero attached hydrogens (tertiary/aromatic N) is 3. The lowest BCUT2D eigenvalue weighted by Gasteiger charge is -2.33. The largest absolute Gasteiger partial charge is 0.478 e. The molecule has 18 heavy (non-hydrogen) atoms. The monoisotopic (exact) mass is 250 g/mol. The van der Waals surface area contributed by atoms with Crippen molar-refractivity contribution in [3.63, 3.8) is 0 Å². The second-order valence-corrected chi connectivity index (χ2v) is 4.35. The van der Waals surface area contributed by atoms with Crippen molar-refractivity contribution in [2.45, 2.75) is 25.8 Å². The van der Waals surface area contributed by atoms with Crippen LogP contribution in [-0.2, 0) is 4.79 Å². The predicted octanol–water partition coefficient (Wildman–Crippen LogP) is 0.590. The van der Waals surface area contributed by atoms with Crippen molar-refractivity contribution >= 4 is 11.7 Å². The number of rotatable bonds is 3. The van der Waals surface area contributed by atoms with Gasteiger partial charge in [-0.15, -0.1) is 0 Å². The molecule has 1 saturated heterocycles. The Morgan fingerprint density at radius 3 is 2.67 bits per heavy atom. The molecule has 2 rings (SSSR count). The smallest absolute Gasteiger partial charge is 0.257 e. The van der Waals surface area contributed by atoms with Crippen molar-refractivity contribution in [2.24, 2.45) is 0 Å². The summed E-state index contributed by atoms with van der Waals surface area (Å²) >= 11 is 0. The average Bonchev–Trinajstić information content (AvgIpc) is 2.39. The number of carbonyl (C=O) groups excluding carboxylic acids is 1. The third-order valence-electron chi connectivity index (χ3n) is 3.04. The van der Waals surface area contributed by atoms with E-state index in [4.69, 9.17) is 4.74 Å². The summed E-state index contributed by atoms with van der Waals surface area (Å²) in [6.07, 6.45) is 5.11. The van der Waals surface area contributed by atoms with Crippen LogP contribution in [0.1, 0.15) is 19.8 Å². The Morgan fingerprint density at radius 2 is 2.06 bits per heavy atom. The molecular weight excluding hydrogens is 232 g/mol. The topological polar surface area (TPSA) is 67.4 Å². The number of carbonyl (C=O) groups is 1. The molecular formula is C12H18N4O2. The molecule has 0 aromatic carbocycles. The minimum atomic E-state index is 0.0329. The highest BCUT2D eigenvalue weighted by atomic mass is 16.5. The minimum Gasteiger partial charge on any atom is -0.478 e. The van der Waals surface area contributed by atoms with Crippen LogP contribution in [0.4, 0.5) is 5.82 Å². The zero-order valence-electron chi connectivity index (χ0n) is 10.7. The lowest BCUT2D eigenvalue weighted by molar-refractivity contribution is -0.119. The van der Waals surface area contributed by atoms with E-state index in [1.807, 2.05) is 0 Å². The van der Waals surface area contributed by atoms with Crippen molar-refractivity contribution in [2.75, 3.05) is 25.1 Å². The van der Waals surface area contributed by atoms with Crippen LogP contribution >= 0.6 is 0 Å². The number of ether oxygens (including phenoxy) is 1. The summed E-state index contributed by atoms with van der Waals surface area (Å²) in [6.45, 7) is 3.25. The Kier molecular flexibility index (Phi) is 3.96. The standard InChI is InChI=1S/C12H18N4O2/c1-9(17)15-10-3-7-16(8-4-10)11-12(18-2)14-6-5-13-11/h5-6,10H,3-4,7-8H2,1-2H3,(H,15,17). The lowest BCUT2D eigenvalue weighted by Crippen LogP contribution is -2.44. The highest BCUT2D eigenvalue weighted by Crippen LogP contribution is 2.25. The van der Waals surface area contributed by atoms with Gasteiger partial charge in [-0.3, -0.25) is 4.79 Å². The molecule has 0 unspecified atom stereocenters. The number of hydrogen-bond acceptors (Lipinski definition) is 5. The first-order chi connectivity index (χ1) is 8.70. The predicted molar refractivity (Wildman–Crippen MR) is 67.6 cm³/mol. The van der Waals surface area contributed by atoms with Gasteiger partial charge in [0.25, 0.3) is 5.88 Å². The van der Waals surface area contributed by atoms with Gasteiger partial charge in [0.15, 0.2) is 5.82 Å². The zero-order valence-corrected chi connectivity index (χ0v) is 10.7. The van der Waals surface area contributed by atoms with Crippen molar-refractivity contribution in [1.82, 2.24) is 15.3 Å². The van der Waals surface area contributed by atoms with E-state index in [-0.39, 0.29) is 11.9 Å². The van der Waals surface area contributed by atoms with Crippen molar-refractivity contribution in [1.29, 1.82) is 0 Å². The fourth-order valence-electron chi connectivity index (χ4n) is 2.20. The van der Waals surface area contributed by atoms with Gasteiger partial charge in [-0.25, -0.2) is 9.97 Å². The maximum absolute atomic E-state index is 11.0. The Bertz CT molecular complexity index is 416. The number of aromatic nitrogens is 2. The van der Waals surface area contributed by atoms with Gasteiger partial charge < -0.3 is 15.0 Å². The van der Waals surface area contributed by atoms with E-state index in [0.717, 1.165) is 31.7 Å². The van der Waals surface area contributed by atoms with E-state index < -0.39 is 0 Å². The van der Waals surface area contributed by atoms with E-state index in [2.05, 4.69) is 20.2 Å². The highest BCUT2D eigenvalue weighted by Gasteiger charge is 2.22. The Hall–Kier alpha value is -1.85. The molecule has 1 aliphatic heterocycles. The second-order valence-electron chi connectivity index (χ2n) is 4.35. The molecule has 0 radical (unpaired) electrons. The summed E-state index contributed by atoms with van der Waals surface area (Å²) < 4.78 is 5.20. The van der Waals surface area contributed by atoms with Crippen LogP contribution in [-0.4, -0.2) is 42.1 Å². The molecule has 2 heterocycles. The number of hydrogen-bond donors (Lipinski definition) is 1. The van der Waals surface area contributed by atoms with Crippen LogP contribution in [0, 0.1) is 0 Å². The van der Waals surface area contributed by atoms with Gasteiger partial charge in [0.2, 0.25) is 5.91 Å². The Labute approximate surface area is 106 Å². The molecule has 6 heteroatoms. The number of amides is 1. The van der Waals surface area contributed by atoms with Gasteiger partial charge in [-0.05, 0) is 12.8 Å². The van der Waals surface area contributed by atoms with Gasteiger partial charge in [0, 0.05) is 38.4 Å². The van der Waals surface area contributed by atoms with Crippen molar-refractivity contribution in [3.05, 3.63) is 12.4 Å². The number of methoxy groups -OCH3 is 1. The van der Waals surface area contributed by atoms with Crippen LogP contribution in [0.2, 0.25) is 0 Å². The fraction of sp³-hybridized carbons (Fsp3) is 0.583. The van der Waals surface area contributed by atoms with Gasteiger partial charge >= 0.3 is 0 Å². The summed E-state index contributed by atoms with van der Waals surface area (Å²) in [5.41, 5.74) is 0. The molecule has 0 aliphatic carbocycles. The van der Waals surface area contributed by atoms with Gasteiger partial charge in [-0.1, -0.05) is 0 Å². The van der Waals surface area contributed by atoms with Crippen LogP contribution in [0.3, 0.4) is 0 Å². The summed E-state index contributed by atoms with van der Waals surface area (Å²) in [7, 11) is 1.59. The molecule has 0 atom stereocenters. The van der Waals surface area contributed by atoms with Gasteiger partial charge in [0.1, 0.15) is 0 Å². The van der Waals surface area contributed by atoms with E-state index >= 15 is 0 Å². The quantitative estimate of drug-likeness (QED) is 0.850. The highest BCUT2D eigenvalue weighted by molar-refractivity contribution is 5.73. The Balaban J connectivity index is 1.99. The summed E-state index contributed by atoms with van der Waals surface area (Å²) in [6, 6.07) is 0.265. The van der Waals surface area contributed by atoms with E-state index in [1.54, 1.807) is 26.4 Å². The molecule has 1 fully saturated rings. The first kappa shape index (κ1) is 12.6. The van der Waals surface area contributed by atoms with Crippen molar-refractivity contribution in [3.8, 4) is 5.88 Å². The van der Waals surface area contributed by atoms with Gasteiger partial charge in [0.05, 0.1) is 7.11 Å². The average molecular weight is 250 g/mol. The molecule has 1 aromatic heterocycles. The molecule has 0 bridgehead atoms. The van der Waals surface area contributed by atoms with E-state index in [1.165, 1.54) is 0 Å². The molecule has 1 aromatic rings. The Morgan fingerprint density at radius 1 is 1.39 bits per heavy atom. The normalized spacial score (nSPS) is 16.4. The number of anilines is 1. The molecule has 98 valence electrons. The van der Waals surface area contributed by atoms with Gasteiger partial charge in [-0.2, -0.15) is 0 Å². The second kappa shape index (κ2) is 5.66. The van der Waals surface area contributed by atoms with Crippen LogP contribution in [0.25, 0.3) is 0 Å². The molecule has 0 spiro atoms. The van der Waals surface area contributed by atoms with Crippen LogP contribution in [0.15, 0.2) is 12.4 Å². The third kappa shape index (κ3) is 2.88. The lowest BCUT2D eigenvalue weighted by atomic mass is 10.1. The molecule has 6 nitrogen and oxygen atoms in total. The first-order valence-corrected chi connectivity index (χ1v) is 6.07. The SMILES string of the molecule is COc1nccnc1N1CCC(NC(C)=O)CC1. The fourth-order valence-corrected chi connectivity index (χ4v) is 2.20. The zero-order chi connectivity index (χ0) is 13.0. The number of nitrogens with one attached hydrogen (secondary N) is 1. The molecule has 1 amide bonds. The molecule has 1 aliphatic rings. The maximum Gasteiger partial charge on any atom is 0.257 e. The number of piperidine rings is 1. The first-order valence-electron chi connectivity index (χ1n) is 6.07.